The van der Waals surface area contributed by atoms with Crippen LogP contribution in [0.5, 0.6) is 5.75 Å². The molecular formula is C15H22ClNO2. The molecule has 1 heterocycles. The maximum atomic E-state index is 6.19. The molecule has 1 fully saturated rings. The van der Waals surface area contributed by atoms with Crippen LogP contribution in [0.1, 0.15) is 31.9 Å². The van der Waals surface area contributed by atoms with Crippen molar-refractivity contribution in [2.24, 2.45) is 5.92 Å². The van der Waals surface area contributed by atoms with E-state index in [4.69, 9.17) is 21.1 Å². The van der Waals surface area contributed by atoms with Gasteiger partial charge in [-0.3, -0.25) is 0 Å². The van der Waals surface area contributed by atoms with Gasteiger partial charge in [-0.1, -0.05) is 31.5 Å². The van der Waals surface area contributed by atoms with Crippen molar-refractivity contribution < 1.29 is 9.47 Å². The molecule has 2 rings (SSSR count). The Hall–Kier alpha value is -0.770. The van der Waals surface area contributed by atoms with Gasteiger partial charge in [0, 0.05) is 25.1 Å². The van der Waals surface area contributed by atoms with Crippen LogP contribution in [0.25, 0.3) is 0 Å². The number of methoxy groups -OCH3 is 1. The molecule has 2 atom stereocenters. The molecule has 1 N–H and O–H groups in total. The molecular weight excluding hydrogens is 262 g/mol. The third kappa shape index (κ3) is 3.62. The van der Waals surface area contributed by atoms with Crippen LogP contribution in [-0.4, -0.2) is 26.3 Å². The summed E-state index contributed by atoms with van der Waals surface area (Å²) in [6.45, 7) is 6.12. The van der Waals surface area contributed by atoms with Crippen LogP contribution in [0.4, 0.5) is 0 Å². The van der Waals surface area contributed by atoms with Crippen molar-refractivity contribution in [2.45, 2.75) is 32.4 Å². The third-order valence-corrected chi connectivity index (χ3v) is 3.80. The van der Waals surface area contributed by atoms with Gasteiger partial charge in [0.25, 0.3) is 0 Å². The van der Waals surface area contributed by atoms with Crippen molar-refractivity contribution >= 4 is 11.6 Å². The van der Waals surface area contributed by atoms with Crippen molar-refractivity contribution in [2.75, 3.05) is 20.3 Å². The van der Waals surface area contributed by atoms with Crippen molar-refractivity contribution in [3.63, 3.8) is 0 Å². The van der Waals surface area contributed by atoms with Gasteiger partial charge < -0.3 is 14.8 Å². The van der Waals surface area contributed by atoms with E-state index in [1.807, 2.05) is 18.2 Å². The predicted molar refractivity (Wildman–Crippen MR) is 77.9 cm³/mol. The zero-order chi connectivity index (χ0) is 13.8. The van der Waals surface area contributed by atoms with Gasteiger partial charge >= 0.3 is 0 Å². The molecule has 1 aliphatic rings. The van der Waals surface area contributed by atoms with E-state index in [9.17, 15) is 0 Å². The summed E-state index contributed by atoms with van der Waals surface area (Å²) in [6.07, 6.45) is 1.23. The second-order valence-corrected chi connectivity index (χ2v) is 5.70. The molecule has 0 amide bonds. The van der Waals surface area contributed by atoms with Gasteiger partial charge in [0.15, 0.2) is 0 Å². The van der Waals surface area contributed by atoms with Crippen LogP contribution in [-0.2, 0) is 4.74 Å². The van der Waals surface area contributed by atoms with Gasteiger partial charge in [0.2, 0.25) is 0 Å². The lowest BCUT2D eigenvalue weighted by Gasteiger charge is -2.21. The molecule has 0 aliphatic carbocycles. The van der Waals surface area contributed by atoms with Crippen molar-refractivity contribution in [1.82, 2.24) is 5.32 Å². The van der Waals surface area contributed by atoms with Gasteiger partial charge in [-0.2, -0.15) is 0 Å². The fourth-order valence-corrected chi connectivity index (χ4v) is 2.72. The molecule has 0 saturated carbocycles. The van der Waals surface area contributed by atoms with Gasteiger partial charge in [0.1, 0.15) is 5.75 Å². The van der Waals surface area contributed by atoms with Crippen LogP contribution in [0.3, 0.4) is 0 Å². The van der Waals surface area contributed by atoms with Crippen LogP contribution >= 0.6 is 11.6 Å². The first-order valence-corrected chi connectivity index (χ1v) is 7.18. The molecule has 1 aromatic carbocycles. The van der Waals surface area contributed by atoms with Crippen LogP contribution in [0.15, 0.2) is 18.2 Å². The minimum Gasteiger partial charge on any atom is -0.495 e. The second kappa shape index (κ2) is 6.60. The molecule has 19 heavy (non-hydrogen) atoms. The first-order chi connectivity index (χ1) is 9.11. The molecule has 0 aromatic heterocycles. The van der Waals surface area contributed by atoms with Gasteiger partial charge in [-0.25, -0.2) is 0 Å². The Morgan fingerprint density at radius 3 is 2.89 bits per heavy atom. The Balaban J connectivity index is 2.09. The molecule has 1 aliphatic heterocycles. The summed E-state index contributed by atoms with van der Waals surface area (Å²) in [4.78, 5) is 0. The summed E-state index contributed by atoms with van der Waals surface area (Å²) >= 11 is 6.19. The molecule has 0 spiro atoms. The second-order valence-electron chi connectivity index (χ2n) is 5.30. The molecule has 106 valence electrons. The molecule has 4 heteroatoms. The molecule has 0 bridgehead atoms. The molecule has 2 unspecified atom stereocenters. The monoisotopic (exact) mass is 283 g/mol. The highest BCUT2D eigenvalue weighted by Crippen LogP contribution is 2.37. The SMILES string of the molecule is COc1ccc(C2OCCC2CNC(C)C)cc1Cl. The number of hydrogen-bond acceptors (Lipinski definition) is 3. The average molecular weight is 284 g/mol. The highest BCUT2D eigenvalue weighted by molar-refractivity contribution is 6.32. The van der Waals surface area contributed by atoms with E-state index in [0.717, 1.165) is 25.1 Å². The van der Waals surface area contributed by atoms with E-state index < -0.39 is 0 Å². The summed E-state index contributed by atoms with van der Waals surface area (Å²) in [7, 11) is 1.63. The zero-order valence-electron chi connectivity index (χ0n) is 11.8. The number of ether oxygens (including phenoxy) is 2. The summed E-state index contributed by atoms with van der Waals surface area (Å²) in [5.74, 6) is 1.21. The summed E-state index contributed by atoms with van der Waals surface area (Å²) in [5.41, 5.74) is 1.14. The Bertz CT molecular complexity index is 423. The Morgan fingerprint density at radius 1 is 1.47 bits per heavy atom. The first kappa shape index (κ1) is 14.6. The Labute approximate surface area is 120 Å². The quantitative estimate of drug-likeness (QED) is 0.898. The van der Waals surface area contributed by atoms with Crippen molar-refractivity contribution in [1.29, 1.82) is 0 Å². The smallest absolute Gasteiger partial charge is 0.137 e. The standard InChI is InChI=1S/C15H22ClNO2/c1-10(2)17-9-12-6-7-19-15(12)11-4-5-14(18-3)13(16)8-11/h4-5,8,10,12,15,17H,6-7,9H2,1-3H3. The Kier molecular flexibility index (Phi) is 5.08. The topological polar surface area (TPSA) is 30.5 Å². The molecule has 1 aromatic rings. The van der Waals surface area contributed by atoms with E-state index in [1.54, 1.807) is 7.11 Å². The van der Waals surface area contributed by atoms with Crippen molar-refractivity contribution in [3.8, 4) is 5.75 Å². The normalized spacial score (nSPS) is 23.0. The van der Waals surface area contributed by atoms with E-state index in [1.165, 1.54) is 0 Å². The highest BCUT2D eigenvalue weighted by atomic mass is 35.5. The number of hydrogen-bond donors (Lipinski definition) is 1. The lowest BCUT2D eigenvalue weighted by atomic mass is 9.95. The lowest BCUT2D eigenvalue weighted by molar-refractivity contribution is 0.0900. The van der Waals surface area contributed by atoms with E-state index in [2.05, 4.69) is 19.2 Å². The van der Waals surface area contributed by atoms with Gasteiger partial charge in [-0.15, -0.1) is 0 Å². The number of halogens is 1. The Morgan fingerprint density at radius 2 is 2.26 bits per heavy atom. The minimum absolute atomic E-state index is 0.134. The predicted octanol–water partition coefficient (Wildman–Crippen LogP) is 3.42. The van der Waals surface area contributed by atoms with Crippen LogP contribution < -0.4 is 10.1 Å². The summed E-state index contributed by atoms with van der Waals surface area (Å²) in [5, 5.41) is 4.13. The van der Waals surface area contributed by atoms with E-state index in [-0.39, 0.29) is 6.10 Å². The molecule has 3 nitrogen and oxygen atoms in total. The van der Waals surface area contributed by atoms with E-state index >= 15 is 0 Å². The number of nitrogens with one attached hydrogen (secondary N) is 1. The highest BCUT2D eigenvalue weighted by Gasteiger charge is 2.29. The van der Waals surface area contributed by atoms with Gasteiger partial charge in [0.05, 0.1) is 18.2 Å². The fraction of sp³-hybridized carbons (Fsp3) is 0.600. The fourth-order valence-electron chi connectivity index (χ4n) is 2.46. The van der Waals surface area contributed by atoms with Crippen molar-refractivity contribution in [3.05, 3.63) is 28.8 Å². The summed E-state index contributed by atoms with van der Waals surface area (Å²) < 4.78 is 11.1. The first-order valence-electron chi connectivity index (χ1n) is 6.80. The number of benzene rings is 1. The minimum atomic E-state index is 0.134. The maximum Gasteiger partial charge on any atom is 0.137 e. The summed E-state index contributed by atoms with van der Waals surface area (Å²) in [6, 6.07) is 6.41. The van der Waals surface area contributed by atoms with Gasteiger partial charge in [-0.05, 0) is 24.1 Å². The molecule has 1 saturated heterocycles. The van der Waals surface area contributed by atoms with E-state index in [0.29, 0.717) is 22.7 Å². The number of rotatable bonds is 5. The molecule has 0 radical (unpaired) electrons. The maximum absolute atomic E-state index is 6.19. The third-order valence-electron chi connectivity index (χ3n) is 3.51. The van der Waals surface area contributed by atoms with Crippen LogP contribution in [0, 0.1) is 5.92 Å². The van der Waals surface area contributed by atoms with Crippen LogP contribution in [0.2, 0.25) is 5.02 Å². The lowest BCUT2D eigenvalue weighted by Crippen LogP contribution is -2.30. The largest absolute Gasteiger partial charge is 0.495 e. The average Bonchev–Trinajstić information content (AvgIpc) is 2.84. The zero-order valence-corrected chi connectivity index (χ0v) is 12.5.